The van der Waals surface area contributed by atoms with Gasteiger partial charge in [0.2, 0.25) is 0 Å². The Balaban J connectivity index is 2.63. The number of aryl methyl sites for hydroxylation is 1. The zero-order valence-electron chi connectivity index (χ0n) is 9.72. The molecule has 0 unspecified atom stereocenters. The lowest BCUT2D eigenvalue weighted by atomic mass is 9.74. The highest BCUT2D eigenvalue weighted by Gasteiger charge is 2.35. The van der Waals surface area contributed by atoms with Gasteiger partial charge in [-0.25, -0.2) is 0 Å². The molecule has 0 radical (unpaired) electrons. The van der Waals surface area contributed by atoms with Gasteiger partial charge in [0.25, 0.3) is 0 Å². The summed E-state index contributed by atoms with van der Waals surface area (Å²) in [5.41, 5.74) is 7.70. The van der Waals surface area contributed by atoms with Gasteiger partial charge >= 0.3 is 0 Å². The van der Waals surface area contributed by atoms with E-state index in [2.05, 4.69) is 13.8 Å². The zero-order valence-corrected chi connectivity index (χ0v) is 11.3. The minimum atomic E-state index is 0.0249. The van der Waals surface area contributed by atoms with Crippen molar-refractivity contribution in [3.05, 3.63) is 20.9 Å². The van der Waals surface area contributed by atoms with E-state index in [0.29, 0.717) is 11.4 Å². The van der Waals surface area contributed by atoms with Gasteiger partial charge in [0.1, 0.15) is 4.99 Å². The Bertz CT molecular complexity index is 485. The third-order valence-electron chi connectivity index (χ3n) is 2.98. The Morgan fingerprint density at radius 2 is 2.06 bits per heavy atom. The minimum Gasteiger partial charge on any atom is -0.389 e. The SMILES string of the molecule is Cc1sc(C(N)=S)c2c1C(=O)CC(C)(C)C2. The van der Waals surface area contributed by atoms with Crippen LogP contribution in [0.25, 0.3) is 0 Å². The number of carbonyl (C=O) groups is 1. The molecular weight excluding hydrogens is 238 g/mol. The predicted molar refractivity (Wildman–Crippen MR) is 71.4 cm³/mol. The fraction of sp³-hybridized carbons (Fsp3) is 0.500. The minimum absolute atomic E-state index is 0.0249. The van der Waals surface area contributed by atoms with Gasteiger partial charge in [-0.1, -0.05) is 26.1 Å². The summed E-state index contributed by atoms with van der Waals surface area (Å²) < 4.78 is 0. The standard InChI is InChI=1S/C12H15NOS2/c1-6-9-7(10(16-6)11(13)15)4-12(2,3)5-8(9)14/h4-5H2,1-3H3,(H2,13,15). The van der Waals surface area contributed by atoms with Gasteiger partial charge in [0.15, 0.2) is 5.78 Å². The molecule has 2 N–H and O–H groups in total. The summed E-state index contributed by atoms with van der Waals surface area (Å²) in [5, 5.41) is 0. The summed E-state index contributed by atoms with van der Waals surface area (Å²) >= 11 is 6.61. The molecular formula is C12H15NOS2. The average Bonchev–Trinajstić information content (AvgIpc) is 2.40. The number of fused-ring (bicyclic) bond motifs is 1. The van der Waals surface area contributed by atoms with Crippen molar-refractivity contribution in [1.29, 1.82) is 0 Å². The van der Waals surface area contributed by atoms with Gasteiger partial charge in [-0.05, 0) is 24.3 Å². The van der Waals surface area contributed by atoms with Crippen molar-refractivity contribution in [3.63, 3.8) is 0 Å². The molecule has 0 aliphatic heterocycles. The highest BCUT2D eigenvalue weighted by molar-refractivity contribution is 7.81. The van der Waals surface area contributed by atoms with Crippen LogP contribution < -0.4 is 5.73 Å². The van der Waals surface area contributed by atoms with Crippen molar-refractivity contribution in [2.24, 2.45) is 11.1 Å². The Morgan fingerprint density at radius 3 is 2.62 bits per heavy atom. The number of thiocarbonyl (C=S) groups is 1. The van der Waals surface area contributed by atoms with Gasteiger partial charge in [0, 0.05) is 16.9 Å². The van der Waals surface area contributed by atoms with E-state index in [1.807, 2.05) is 6.92 Å². The number of thiophene rings is 1. The summed E-state index contributed by atoms with van der Waals surface area (Å²) in [5.74, 6) is 0.238. The van der Waals surface area contributed by atoms with Crippen LogP contribution in [-0.4, -0.2) is 10.8 Å². The largest absolute Gasteiger partial charge is 0.389 e. The molecule has 1 aliphatic rings. The van der Waals surface area contributed by atoms with Gasteiger partial charge in [-0.3, -0.25) is 4.79 Å². The predicted octanol–water partition coefficient (Wildman–Crippen LogP) is 2.85. The number of carbonyl (C=O) groups excluding carboxylic acids is 1. The maximum absolute atomic E-state index is 12.1. The molecule has 2 nitrogen and oxygen atoms in total. The van der Waals surface area contributed by atoms with E-state index in [9.17, 15) is 4.79 Å². The van der Waals surface area contributed by atoms with E-state index in [-0.39, 0.29) is 11.2 Å². The monoisotopic (exact) mass is 253 g/mol. The average molecular weight is 253 g/mol. The molecule has 1 aliphatic carbocycles. The third-order valence-corrected chi connectivity index (χ3v) is 4.49. The van der Waals surface area contributed by atoms with E-state index in [1.165, 1.54) is 0 Å². The van der Waals surface area contributed by atoms with Crippen molar-refractivity contribution < 1.29 is 4.79 Å². The second-order valence-electron chi connectivity index (χ2n) is 5.15. The van der Waals surface area contributed by atoms with Crippen LogP contribution in [0.15, 0.2) is 0 Å². The van der Waals surface area contributed by atoms with Crippen molar-refractivity contribution in [2.75, 3.05) is 0 Å². The van der Waals surface area contributed by atoms with E-state index in [4.69, 9.17) is 18.0 Å². The first-order chi connectivity index (χ1) is 7.32. The Labute approximate surface area is 105 Å². The molecule has 0 saturated carbocycles. The number of hydrogen-bond donors (Lipinski definition) is 1. The first-order valence-electron chi connectivity index (χ1n) is 5.27. The molecule has 0 saturated heterocycles. The maximum Gasteiger partial charge on any atom is 0.164 e. The van der Waals surface area contributed by atoms with Crippen LogP contribution in [0.4, 0.5) is 0 Å². The first-order valence-corrected chi connectivity index (χ1v) is 6.49. The summed E-state index contributed by atoms with van der Waals surface area (Å²) in [7, 11) is 0. The Morgan fingerprint density at radius 1 is 1.44 bits per heavy atom. The number of Topliss-reactive ketones (excluding diaryl/α,β-unsaturated/α-hetero) is 1. The molecule has 1 heterocycles. The molecule has 0 bridgehead atoms. The van der Waals surface area contributed by atoms with Crippen molar-refractivity contribution in [2.45, 2.75) is 33.6 Å². The lowest BCUT2D eigenvalue weighted by Crippen LogP contribution is -2.28. The molecule has 0 spiro atoms. The zero-order chi connectivity index (χ0) is 12.1. The Hall–Kier alpha value is -0.740. The number of ketones is 1. The van der Waals surface area contributed by atoms with Crippen LogP contribution >= 0.6 is 23.6 Å². The smallest absolute Gasteiger partial charge is 0.164 e. The van der Waals surface area contributed by atoms with Crippen molar-refractivity contribution in [1.82, 2.24) is 0 Å². The van der Waals surface area contributed by atoms with E-state index in [0.717, 1.165) is 27.3 Å². The van der Waals surface area contributed by atoms with Gasteiger partial charge in [-0.2, -0.15) is 0 Å². The normalized spacial score (nSPS) is 18.3. The van der Waals surface area contributed by atoms with Gasteiger partial charge < -0.3 is 5.73 Å². The molecule has 0 atom stereocenters. The van der Waals surface area contributed by atoms with Crippen molar-refractivity contribution >= 4 is 34.3 Å². The molecule has 1 aromatic heterocycles. The van der Waals surface area contributed by atoms with Crippen LogP contribution in [0.1, 0.15) is 45.9 Å². The molecule has 2 rings (SSSR count). The number of nitrogens with two attached hydrogens (primary N) is 1. The molecule has 86 valence electrons. The number of rotatable bonds is 1. The third kappa shape index (κ3) is 1.80. The maximum atomic E-state index is 12.1. The van der Waals surface area contributed by atoms with Crippen LogP contribution in [0.5, 0.6) is 0 Å². The molecule has 0 amide bonds. The van der Waals surface area contributed by atoms with E-state index >= 15 is 0 Å². The topological polar surface area (TPSA) is 43.1 Å². The Kier molecular flexibility index (Phi) is 2.67. The van der Waals surface area contributed by atoms with Crippen LogP contribution in [0, 0.1) is 12.3 Å². The quantitative estimate of drug-likeness (QED) is 0.783. The lowest BCUT2D eigenvalue weighted by molar-refractivity contribution is 0.0912. The summed E-state index contributed by atoms with van der Waals surface area (Å²) in [6.07, 6.45) is 1.51. The fourth-order valence-electron chi connectivity index (χ4n) is 2.39. The van der Waals surface area contributed by atoms with Crippen LogP contribution in [0.3, 0.4) is 0 Å². The lowest BCUT2D eigenvalue weighted by Gasteiger charge is -2.29. The van der Waals surface area contributed by atoms with Crippen LogP contribution in [-0.2, 0) is 6.42 Å². The highest BCUT2D eigenvalue weighted by Crippen LogP contribution is 2.41. The van der Waals surface area contributed by atoms with E-state index < -0.39 is 0 Å². The van der Waals surface area contributed by atoms with E-state index in [1.54, 1.807) is 11.3 Å². The number of hydrogen-bond acceptors (Lipinski definition) is 3. The molecule has 1 aromatic rings. The van der Waals surface area contributed by atoms with Gasteiger partial charge in [0.05, 0.1) is 4.88 Å². The summed E-state index contributed by atoms with van der Waals surface area (Å²) in [4.78, 5) is 14.5. The molecule has 0 aromatic carbocycles. The summed E-state index contributed by atoms with van der Waals surface area (Å²) in [6, 6.07) is 0. The first kappa shape index (κ1) is 11.7. The summed E-state index contributed by atoms with van der Waals surface area (Å²) in [6.45, 7) is 6.20. The molecule has 4 heteroatoms. The molecule has 16 heavy (non-hydrogen) atoms. The second kappa shape index (κ2) is 3.64. The fourth-order valence-corrected chi connectivity index (χ4v) is 3.68. The van der Waals surface area contributed by atoms with Crippen LogP contribution in [0.2, 0.25) is 0 Å². The molecule has 0 fully saturated rings. The second-order valence-corrected chi connectivity index (χ2v) is 6.81. The highest BCUT2D eigenvalue weighted by atomic mass is 32.1. The van der Waals surface area contributed by atoms with Crippen molar-refractivity contribution in [3.8, 4) is 0 Å². The van der Waals surface area contributed by atoms with Gasteiger partial charge in [-0.15, -0.1) is 11.3 Å².